The maximum absolute atomic E-state index is 5.77. The van der Waals surface area contributed by atoms with Gasteiger partial charge in [0.1, 0.15) is 13.2 Å². The van der Waals surface area contributed by atoms with Crippen LogP contribution in [-0.2, 0) is 10.9 Å². The van der Waals surface area contributed by atoms with Gasteiger partial charge in [0.15, 0.2) is 26.2 Å². The van der Waals surface area contributed by atoms with Gasteiger partial charge in [0.2, 0.25) is 0 Å². The maximum Gasteiger partial charge on any atom is 0.170 e. The summed E-state index contributed by atoms with van der Waals surface area (Å²) in [7, 11) is -0.148. The molecule has 3 aromatic carbocycles. The van der Waals surface area contributed by atoms with Crippen LogP contribution >= 0.6 is 0 Å². The molecule has 1 aliphatic heterocycles. The smallest absolute Gasteiger partial charge is 0.170 e. The summed E-state index contributed by atoms with van der Waals surface area (Å²) in [6.45, 7) is 1.23. The van der Waals surface area contributed by atoms with Gasteiger partial charge in [-0.25, -0.2) is 0 Å². The molecule has 0 spiro atoms. The Bertz CT molecular complexity index is 748. The molecule has 3 aromatic rings. The fourth-order valence-corrected chi connectivity index (χ4v) is 4.78. The molecule has 0 saturated carbocycles. The second kappa shape index (κ2) is 6.39. The summed E-state index contributed by atoms with van der Waals surface area (Å²) in [5.74, 6) is 1.68. The van der Waals surface area contributed by atoms with Gasteiger partial charge in [0, 0.05) is 6.07 Å². The van der Waals surface area contributed by atoms with E-state index < -0.39 is 0 Å². The summed E-state index contributed by atoms with van der Waals surface area (Å²) in [5.41, 5.74) is 0. The van der Waals surface area contributed by atoms with Crippen molar-refractivity contribution in [2.24, 2.45) is 0 Å². The predicted octanol–water partition coefficient (Wildman–Crippen LogP) is 4.55. The SMILES string of the molecule is c1ccc([S+](c2ccccc2)c2ccc3c(c2)OCCO3)cc1. The minimum Gasteiger partial charge on any atom is -0.486 e. The lowest BCUT2D eigenvalue weighted by Gasteiger charge is -2.18. The van der Waals surface area contributed by atoms with Crippen LogP contribution in [0, 0.1) is 0 Å². The number of ether oxygens (including phenoxy) is 2. The van der Waals surface area contributed by atoms with Crippen molar-refractivity contribution in [1.82, 2.24) is 0 Å². The molecule has 1 aliphatic rings. The predicted molar refractivity (Wildman–Crippen MR) is 92.5 cm³/mol. The van der Waals surface area contributed by atoms with E-state index >= 15 is 0 Å². The second-order valence-corrected chi connectivity index (χ2v) is 7.26. The van der Waals surface area contributed by atoms with E-state index in [2.05, 4.69) is 72.8 Å². The van der Waals surface area contributed by atoms with E-state index in [1.165, 1.54) is 14.7 Å². The van der Waals surface area contributed by atoms with Crippen molar-refractivity contribution in [3.05, 3.63) is 78.9 Å². The first-order valence-corrected chi connectivity index (χ1v) is 8.88. The van der Waals surface area contributed by atoms with Gasteiger partial charge in [-0.2, -0.15) is 0 Å². The minimum absolute atomic E-state index is 0.148. The first-order valence-electron chi connectivity index (χ1n) is 7.66. The van der Waals surface area contributed by atoms with Gasteiger partial charge in [0.25, 0.3) is 0 Å². The highest BCUT2D eigenvalue weighted by Crippen LogP contribution is 2.37. The molecule has 0 radical (unpaired) electrons. The summed E-state index contributed by atoms with van der Waals surface area (Å²) >= 11 is 0. The van der Waals surface area contributed by atoms with Gasteiger partial charge in [-0.15, -0.1) is 0 Å². The summed E-state index contributed by atoms with van der Waals surface area (Å²) < 4.78 is 11.4. The minimum atomic E-state index is -0.148. The Labute approximate surface area is 139 Å². The Kier molecular flexibility index (Phi) is 3.95. The lowest BCUT2D eigenvalue weighted by molar-refractivity contribution is 0.171. The molecule has 0 saturated heterocycles. The normalized spacial score (nSPS) is 13.1. The standard InChI is InChI=1S/C20H17O2S/c1-3-7-16(8-4-1)23(17-9-5-2-6-10-17)18-11-12-19-20(15-18)22-14-13-21-19/h1-12,15H,13-14H2/q+1. The number of benzene rings is 3. The fourth-order valence-electron chi connectivity index (χ4n) is 2.67. The van der Waals surface area contributed by atoms with Gasteiger partial charge in [0.05, 0.1) is 10.9 Å². The van der Waals surface area contributed by atoms with Crippen molar-refractivity contribution >= 4 is 10.9 Å². The van der Waals surface area contributed by atoms with Crippen LogP contribution in [0.1, 0.15) is 0 Å². The van der Waals surface area contributed by atoms with E-state index in [0.717, 1.165) is 11.5 Å². The zero-order valence-electron chi connectivity index (χ0n) is 12.6. The molecule has 0 N–H and O–H groups in total. The molecule has 114 valence electrons. The number of hydrogen-bond acceptors (Lipinski definition) is 2. The fraction of sp³-hybridized carbons (Fsp3) is 0.100. The van der Waals surface area contributed by atoms with E-state index in [1.807, 2.05) is 6.07 Å². The van der Waals surface area contributed by atoms with E-state index in [1.54, 1.807) is 0 Å². The van der Waals surface area contributed by atoms with Crippen molar-refractivity contribution < 1.29 is 9.47 Å². The largest absolute Gasteiger partial charge is 0.486 e. The first-order chi connectivity index (χ1) is 11.4. The molecule has 2 nitrogen and oxygen atoms in total. The summed E-state index contributed by atoms with van der Waals surface area (Å²) in [4.78, 5) is 3.84. The molecular formula is C20H17O2S+. The molecule has 3 heteroatoms. The molecule has 0 aromatic heterocycles. The third-order valence-corrected chi connectivity index (χ3v) is 5.92. The number of hydrogen-bond donors (Lipinski definition) is 0. The van der Waals surface area contributed by atoms with Crippen molar-refractivity contribution in [1.29, 1.82) is 0 Å². The van der Waals surface area contributed by atoms with Crippen LogP contribution in [0.5, 0.6) is 11.5 Å². The second-order valence-electron chi connectivity index (χ2n) is 5.24. The molecule has 0 aliphatic carbocycles. The van der Waals surface area contributed by atoms with Crippen molar-refractivity contribution in [2.75, 3.05) is 13.2 Å². The van der Waals surface area contributed by atoms with E-state index in [-0.39, 0.29) is 10.9 Å². The zero-order chi connectivity index (χ0) is 15.5. The van der Waals surface area contributed by atoms with E-state index in [4.69, 9.17) is 9.47 Å². The first kappa shape index (κ1) is 14.2. The molecule has 0 atom stereocenters. The Balaban J connectivity index is 1.82. The highest BCUT2D eigenvalue weighted by atomic mass is 32.2. The molecule has 0 fully saturated rings. The van der Waals surface area contributed by atoms with Gasteiger partial charge >= 0.3 is 0 Å². The Morgan fingerprint density at radius 2 is 1.13 bits per heavy atom. The molecule has 4 rings (SSSR count). The highest BCUT2D eigenvalue weighted by molar-refractivity contribution is 7.97. The average molecular weight is 321 g/mol. The van der Waals surface area contributed by atoms with Gasteiger partial charge in [-0.05, 0) is 36.4 Å². The molecule has 0 bridgehead atoms. The third-order valence-electron chi connectivity index (χ3n) is 3.71. The molecular weight excluding hydrogens is 304 g/mol. The molecule has 1 heterocycles. The lowest BCUT2D eigenvalue weighted by atomic mass is 10.3. The Morgan fingerprint density at radius 3 is 1.74 bits per heavy atom. The van der Waals surface area contributed by atoms with Crippen molar-refractivity contribution in [3.8, 4) is 11.5 Å². The molecule has 23 heavy (non-hydrogen) atoms. The van der Waals surface area contributed by atoms with Crippen molar-refractivity contribution in [3.63, 3.8) is 0 Å². The quantitative estimate of drug-likeness (QED) is 0.659. The zero-order valence-corrected chi connectivity index (χ0v) is 13.5. The highest BCUT2D eigenvalue weighted by Gasteiger charge is 2.30. The molecule has 0 amide bonds. The van der Waals surface area contributed by atoms with Crippen LogP contribution in [-0.4, -0.2) is 13.2 Å². The van der Waals surface area contributed by atoms with E-state index in [9.17, 15) is 0 Å². The average Bonchev–Trinajstić information content (AvgIpc) is 2.64. The number of fused-ring (bicyclic) bond motifs is 1. The lowest BCUT2D eigenvalue weighted by Crippen LogP contribution is -2.16. The number of rotatable bonds is 3. The summed E-state index contributed by atoms with van der Waals surface area (Å²) in [6.07, 6.45) is 0. The summed E-state index contributed by atoms with van der Waals surface area (Å²) in [6, 6.07) is 27.5. The van der Waals surface area contributed by atoms with Crippen LogP contribution in [0.4, 0.5) is 0 Å². The topological polar surface area (TPSA) is 18.5 Å². The molecule has 0 unspecified atom stereocenters. The Morgan fingerprint density at radius 1 is 0.565 bits per heavy atom. The van der Waals surface area contributed by atoms with Crippen LogP contribution in [0.15, 0.2) is 93.5 Å². The van der Waals surface area contributed by atoms with Crippen LogP contribution in [0.3, 0.4) is 0 Å². The monoisotopic (exact) mass is 321 g/mol. The van der Waals surface area contributed by atoms with E-state index in [0.29, 0.717) is 13.2 Å². The summed E-state index contributed by atoms with van der Waals surface area (Å²) in [5, 5.41) is 0. The van der Waals surface area contributed by atoms with Gasteiger partial charge in [-0.1, -0.05) is 36.4 Å². The third kappa shape index (κ3) is 2.92. The van der Waals surface area contributed by atoms with Crippen molar-refractivity contribution in [2.45, 2.75) is 14.7 Å². The Hall–Kier alpha value is -2.39. The van der Waals surface area contributed by atoms with Crippen LogP contribution < -0.4 is 9.47 Å². The van der Waals surface area contributed by atoms with Gasteiger partial charge in [-0.3, -0.25) is 0 Å². The maximum atomic E-state index is 5.77. The van der Waals surface area contributed by atoms with Gasteiger partial charge < -0.3 is 9.47 Å². The van der Waals surface area contributed by atoms with Crippen LogP contribution in [0.25, 0.3) is 0 Å². The van der Waals surface area contributed by atoms with Crippen LogP contribution in [0.2, 0.25) is 0 Å².